The molecule has 2 rings (SSSR count). The first-order chi connectivity index (χ1) is 5.77. The number of thiophene rings is 1. The van der Waals surface area contributed by atoms with Crippen LogP contribution in [0.25, 0.3) is 10.8 Å². The third-order valence-corrected chi connectivity index (χ3v) is 3.82. The topological polar surface area (TPSA) is 38.9 Å². The van der Waals surface area contributed by atoms with Crippen molar-refractivity contribution in [2.75, 3.05) is 0 Å². The minimum Gasteiger partial charge on any atom is -0.411 e. The highest BCUT2D eigenvalue weighted by molar-refractivity contribution is 14.1. The molecule has 0 bridgehead atoms. The monoisotopic (exact) mass is 404 g/mol. The molecule has 0 saturated heterocycles. The third-order valence-electron chi connectivity index (χ3n) is 1.21. The molecule has 0 amide bonds. The van der Waals surface area contributed by atoms with Gasteiger partial charge in [0.15, 0.2) is 0 Å². The Labute approximate surface area is 99.9 Å². The molecule has 0 aromatic carbocycles. The summed E-state index contributed by atoms with van der Waals surface area (Å²) in [5, 5.41) is 9.70. The highest BCUT2D eigenvalue weighted by Crippen LogP contribution is 2.29. The minimum absolute atomic E-state index is 0.576. The van der Waals surface area contributed by atoms with Gasteiger partial charge in [-0.25, -0.2) is 0 Å². The fourth-order valence-corrected chi connectivity index (χ4v) is 2.80. The van der Waals surface area contributed by atoms with Crippen LogP contribution in [0, 0.1) is 7.47 Å². The Morgan fingerprint density at radius 1 is 1.33 bits per heavy atom. The van der Waals surface area contributed by atoms with E-state index in [4.69, 9.17) is 4.42 Å². The number of nitrogens with zero attached hydrogens (tertiary/aromatic N) is 2. The van der Waals surface area contributed by atoms with E-state index in [0.717, 1.165) is 8.45 Å². The molecule has 0 fully saturated rings. The number of rotatable bonds is 1. The Morgan fingerprint density at radius 3 is 2.67 bits per heavy atom. The van der Waals surface area contributed by atoms with Crippen LogP contribution in [-0.2, 0) is 0 Å². The smallest absolute Gasteiger partial charge is 0.278 e. The van der Waals surface area contributed by atoms with Crippen molar-refractivity contribution in [2.24, 2.45) is 0 Å². The van der Waals surface area contributed by atoms with Gasteiger partial charge in [0.25, 0.3) is 9.79 Å². The van der Waals surface area contributed by atoms with E-state index in [-0.39, 0.29) is 0 Å². The lowest BCUT2D eigenvalue weighted by Gasteiger charge is -1.87. The zero-order chi connectivity index (χ0) is 8.55. The van der Waals surface area contributed by atoms with Crippen LogP contribution in [-0.4, -0.2) is 10.2 Å². The van der Waals surface area contributed by atoms with Gasteiger partial charge in [0.1, 0.15) is 4.88 Å². The van der Waals surface area contributed by atoms with Gasteiger partial charge < -0.3 is 4.42 Å². The van der Waals surface area contributed by atoms with Crippen LogP contribution < -0.4 is 0 Å². The summed E-state index contributed by atoms with van der Waals surface area (Å²) in [4.78, 5) is 1.05. The summed E-state index contributed by atoms with van der Waals surface area (Å²) in [6.45, 7) is 0. The van der Waals surface area contributed by atoms with Crippen molar-refractivity contribution in [3.05, 3.63) is 18.9 Å². The van der Waals surface area contributed by atoms with Gasteiger partial charge in [-0.2, -0.15) is 0 Å². The molecule has 0 aliphatic heterocycles. The van der Waals surface area contributed by atoms with Crippen molar-refractivity contribution >= 4 is 56.5 Å². The molecular formula is C6H2I2N2OS. The van der Waals surface area contributed by atoms with Crippen molar-refractivity contribution in [1.29, 1.82) is 0 Å². The van der Waals surface area contributed by atoms with Gasteiger partial charge in [0.2, 0.25) is 0 Å². The molecule has 2 heterocycles. The van der Waals surface area contributed by atoms with Crippen LogP contribution >= 0.6 is 56.5 Å². The molecule has 0 atom stereocenters. The van der Waals surface area contributed by atoms with Gasteiger partial charge in [0.05, 0.1) is 0 Å². The summed E-state index contributed by atoms with van der Waals surface area (Å²) in [5.74, 6) is 0.610. The Balaban J connectivity index is 2.50. The molecule has 0 radical (unpaired) electrons. The van der Waals surface area contributed by atoms with E-state index < -0.39 is 0 Å². The van der Waals surface area contributed by atoms with Gasteiger partial charge in [0, 0.05) is 26.2 Å². The lowest BCUT2D eigenvalue weighted by atomic mass is 10.5. The SMILES string of the molecule is Ic1nnc(-c2sccc2I)o1. The Morgan fingerprint density at radius 2 is 2.17 bits per heavy atom. The van der Waals surface area contributed by atoms with Gasteiger partial charge >= 0.3 is 0 Å². The zero-order valence-corrected chi connectivity index (χ0v) is 10.8. The molecule has 0 aliphatic rings. The van der Waals surface area contributed by atoms with Crippen LogP contribution in [0.1, 0.15) is 0 Å². The lowest BCUT2D eigenvalue weighted by molar-refractivity contribution is 0.538. The molecule has 0 aliphatic carbocycles. The summed E-state index contributed by atoms with van der Waals surface area (Å²) in [7, 11) is 0. The number of halogens is 2. The molecule has 12 heavy (non-hydrogen) atoms. The van der Waals surface area contributed by atoms with E-state index in [1.807, 2.05) is 34.0 Å². The van der Waals surface area contributed by atoms with Crippen LogP contribution in [0.3, 0.4) is 0 Å². The zero-order valence-electron chi connectivity index (χ0n) is 5.62. The first kappa shape index (κ1) is 8.88. The van der Waals surface area contributed by atoms with E-state index in [1.165, 1.54) is 0 Å². The molecule has 2 aromatic rings. The van der Waals surface area contributed by atoms with E-state index in [9.17, 15) is 0 Å². The Hall–Kier alpha value is 0.300. The summed E-state index contributed by atoms with van der Waals surface area (Å²) in [5.41, 5.74) is 0. The van der Waals surface area contributed by atoms with Gasteiger partial charge in [-0.3, -0.25) is 0 Å². The summed E-state index contributed by atoms with van der Waals surface area (Å²) >= 11 is 5.86. The molecule has 0 saturated carbocycles. The number of aromatic nitrogens is 2. The molecule has 3 nitrogen and oxygen atoms in total. The van der Waals surface area contributed by atoms with Crippen molar-refractivity contribution in [3.8, 4) is 10.8 Å². The number of hydrogen-bond donors (Lipinski definition) is 0. The standard InChI is InChI=1S/C6H2I2N2OS/c7-3-1-2-12-4(3)5-9-10-6(8)11-5/h1-2H. The Kier molecular flexibility index (Phi) is 2.65. The number of hydrogen-bond acceptors (Lipinski definition) is 4. The normalized spacial score (nSPS) is 10.5. The molecule has 62 valence electrons. The maximum absolute atomic E-state index is 5.28. The highest BCUT2D eigenvalue weighted by Gasteiger charge is 2.10. The first-order valence-electron chi connectivity index (χ1n) is 3.00. The average Bonchev–Trinajstić information content (AvgIpc) is 2.58. The second-order valence-electron chi connectivity index (χ2n) is 1.96. The quantitative estimate of drug-likeness (QED) is 0.687. The third kappa shape index (κ3) is 1.64. The summed E-state index contributed by atoms with van der Waals surface area (Å²) in [6, 6.07) is 2.03. The maximum atomic E-state index is 5.28. The largest absolute Gasteiger partial charge is 0.411 e. The van der Waals surface area contributed by atoms with Crippen LogP contribution in [0.15, 0.2) is 15.9 Å². The van der Waals surface area contributed by atoms with Gasteiger partial charge in [-0.15, -0.1) is 21.5 Å². The van der Waals surface area contributed by atoms with E-state index in [0.29, 0.717) is 9.79 Å². The van der Waals surface area contributed by atoms with Crippen LogP contribution in [0.4, 0.5) is 0 Å². The molecule has 0 spiro atoms. The Bertz CT molecular complexity index is 398. The second kappa shape index (κ2) is 3.58. The van der Waals surface area contributed by atoms with Crippen molar-refractivity contribution in [3.63, 3.8) is 0 Å². The average molecular weight is 404 g/mol. The van der Waals surface area contributed by atoms with E-state index in [2.05, 4.69) is 32.8 Å². The lowest BCUT2D eigenvalue weighted by Crippen LogP contribution is -1.74. The molecule has 0 N–H and O–H groups in total. The van der Waals surface area contributed by atoms with Crippen molar-refractivity contribution in [2.45, 2.75) is 0 Å². The molecule has 0 unspecified atom stereocenters. The fourth-order valence-electron chi connectivity index (χ4n) is 0.743. The summed E-state index contributed by atoms with van der Waals surface area (Å²) < 4.78 is 7.01. The van der Waals surface area contributed by atoms with Crippen molar-refractivity contribution in [1.82, 2.24) is 10.2 Å². The molecular weight excluding hydrogens is 402 g/mol. The predicted molar refractivity (Wildman–Crippen MR) is 63.0 cm³/mol. The van der Waals surface area contributed by atoms with Gasteiger partial charge in [-0.1, -0.05) is 0 Å². The first-order valence-corrected chi connectivity index (χ1v) is 6.03. The van der Waals surface area contributed by atoms with Crippen LogP contribution in [0.2, 0.25) is 0 Å². The summed E-state index contributed by atoms with van der Waals surface area (Å²) in [6.07, 6.45) is 0. The predicted octanol–water partition coefficient (Wildman–Crippen LogP) is 3.01. The van der Waals surface area contributed by atoms with E-state index in [1.54, 1.807) is 11.3 Å². The highest BCUT2D eigenvalue weighted by atomic mass is 127. The molecule has 2 aromatic heterocycles. The van der Waals surface area contributed by atoms with Gasteiger partial charge in [-0.05, 0) is 34.0 Å². The van der Waals surface area contributed by atoms with Crippen molar-refractivity contribution < 1.29 is 4.42 Å². The van der Waals surface area contributed by atoms with Crippen LogP contribution in [0.5, 0.6) is 0 Å². The fraction of sp³-hybridized carbons (Fsp3) is 0. The molecule has 6 heteroatoms. The second-order valence-corrected chi connectivity index (χ2v) is 4.96. The van der Waals surface area contributed by atoms with E-state index >= 15 is 0 Å². The maximum Gasteiger partial charge on any atom is 0.278 e. The minimum atomic E-state index is 0.576.